The predicted molar refractivity (Wildman–Crippen MR) is 80.4 cm³/mol. The van der Waals surface area contributed by atoms with Crippen molar-refractivity contribution in [3.63, 3.8) is 0 Å². The molecule has 7 nitrogen and oxygen atoms in total. The fourth-order valence-electron chi connectivity index (χ4n) is 1.88. The SMILES string of the molecule is Cc1nnc(N(CC(N)=O)Cc2cccc(N)c2)nc1C. The molecule has 1 heterocycles. The van der Waals surface area contributed by atoms with Gasteiger partial charge in [0.25, 0.3) is 0 Å². The first-order valence-electron chi connectivity index (χ1n) is 6.51. The van der Waals surface area contributed by atoms with Crippen LogP contribution in [0, 0.1) is 13.8 Å². The Balaban J connectivity index is 2.29. The maximum Gasteiger partial charge on any atom is 0.246 e. The normalized spacial score (nSPS) is 10.4. The van der Waals surface area contributed by atoms with Gasteiger partial charge in [-0.25, -0.2) is 4.98 Å². The second-order valence-electron chi connectivity index (χ2n) is 4.85. The minimum Gasteiger partial charge on any atom is -0.399 e. The Kier molecular flexibility index (Phi) is 4.32. The summed E-state index contributed by atoms with van der Waals surface area (Å²) < 4.78 is 0. The van der Waals surface area contributed by atoms with Gasteiger partial charge in [-0.05, 0) is 31.5 Å². The Labute approximate surface area is 123 Å². The average Bonchev–Trinajstić information content (AvgIpc) is 2.41. The van der Waals surface area contributed by atoms with E-state index in [1.165, 1.54) is 0 Å². The molecule has 0 atom stereocenters. The zero-order valence-electron chi connectivity index (χ0n) is 12.1. The van der Waals surface area contributed by atoms with Gasteiger partial charge in [0, 0.05) is 12.2 Å². The maximum atomic E-state index is 11.3. The number of hydrogen-bond acceptors (Lipinski definition) is 6. The number of carbonyl (C=O) groups is 1. The van der Waals surface area contributed by atoms with E-state index < -0.39 is 5.91 Å². The van der Waals surface area contributed by atoms with Crippen molar-refractivity contribution in [1.29, 1.82) is 0 Å². The van der Waals surface area contributed by atoms with Crippen LogP contribution in [0.2, 0.25) is 0 Å². The molecule has 7 heteroatoms. The van der Waals surface area contributed by atoms with E-state index >= 15 is 0 Å². The van der Waals surface area contributed by atoms with E-state index in [0.717, 1.165) is 17.0 Å². The van der Waals surface area contributed by atoms with E-state index in [9.17, 15) is 4.79 Å². The highest BCUT2D eigenvalue weighted by Gasteiger charge is 2.14. The van der Waals surface area contributed by atoms with Crippen LogP contribution in [0.3, 0.4) is 0 Å². The molecule has 1 amide bonds. The largest absolute Gasteiger partial charge is 0.399 e. The summed E-state index contributed by atoms with van der Waals surface area (Å²) in [6, 6.07) is 7.41. The molecule has 1 aromatic carbocycles. The van der Waals surface area contributed by atoms with Crippen LogP contribution in [0.15, 0.2) is 24.3 Å². The lowest BCUT2D eigenvalue weighted by atomic mass is 10.2. The number of rotatable bonds is 5. The molecule has 0 saturated heterocycles. The van der Waals surface area contributed by atoms with E-state index in [-0.39, 0.29) is 6.54 Å². The van der Waals surface area contributed by atoms with Gasteiger partial charge < -0.3 is 16.4 Å². The van der Waals surface area contributed by atoms with Gasteiger partial charge in [-0.15, -0.1) is 5.10 Å². The van der Waals surface area contributed by atoms with Crippen molar-refractivity contribution in [3.05, 3.63) is 41.2 Å². The number of carbonyl (C=O) groups excluding carboxylic acids is 1. The lowest BCUT2D eigenvalue weighted by Gasteiger charge is -2.21. The van der Waals surface area contributed by atoms with Crippen molar-refractivity contribution in [2.45, 2.75) is 20.4 Å². The first-order valence-corrected chi connectivity index (χ1v) is 6.51. The van der Waals surface area contributed by atoms with Gasteiger partial charge in [-0.1, -0.05) is 12.1 Å². The van der Waals surface area contributed by atoms with Gasteiger partial charge in [0.1, 0.15) is 0 Å². The van der Waals surface area contributed by atoms with Crippen molar-refractivity contribution in [2.24, 2.45) is 5.73 Å². The van der Waals surface area contributed by atoms with Gasteiger partial charge in [-0.3, -0.25) is 4.79 Å². The minimum absolute atomic E-state index is 0.0129. The van der Waals surface area contributed by atoms with Crippen LogP contribution >= 0.6 is 0 Å². The summed E-state index contributed by atoms with van der Waals surface area (Å²) in [5, 5.41) is 8.07. The number of primary amides is 1. The number of amides is 1. The topological polar surface area (TPSA) is 111 Å². The molecule has 0 radical (unpaired) electrons. The van der Waals surface area contributed by atoms with Crippen LogP contribution in [0.4, 0.5) is 11.6 Å². The Morgan fingerprint density at radius 3 is 2.62 bits per heavy atom. The van der Waals surface area contributed by atoms with Crippen LogP contribution < -0.4 is 16.4 Å². The van der Waals surface area contributed by atoms with Crippen molar-refractivity contribution < 1.29 is 4.79 Å². The molecule has 1 aromatic heterocycles. The highest BCUT2D eigenvalue weighted by atomic mass is 16.1. The Hall–Kier alpha value is -2.70. The van der Waals surface area contributed by atoms with Crippen LogP contribution in [0.5, 0.6) is 0 Å². The molecule has 0 unspecified atom stereocenters. The Bertz CT molecular complexity index is 658. The summed E-state index contributed by atoms with van der Waals surface area (Å²) in [5.41, 5.74) is 14.2. The van der Waals surface area contributed by atoms with Gasteiger partial charge >= 0.3 is 0 Å². The number of aryl methyl sites for hydroxylation is 2. The van der Waals surface area contributed by atoms with Crippen LogP contribution in [0.1, 0.15) is 17.0 Å². The van der Waals surface area contributed by atoms with Crippen LogP contribution in [0.25, 0.3) is 0 Å². The summed E-state index contributed by atoms with van der Waals surface area (Å²) in [6.07, 6.45) is 0. The lowest BCUT2D eigenvalue weighted by molar-refractivity contribution is -0.116. The van der Waals surface area contributed by atoms with E-state index in [4.69, 9.17) is 11.5 Å². The van der Waals surface area contributed by atoms with Crippen LogP contribution in [-0.2, 0) is 11.3 Å². The van der Waals surface area contributed by atoms with Crippen molar-refractivity contribution in [1.82, 2.24) is 15.2 Å². The molecule has 2 aromatic rings. The minimum atomic E-state index is -0.458. The lowest BCUT2D eigenvalue weighted by Crippen LogP contribution is -2.35. The summed E-state index contributed by atoms with van der Waals surface area (Å²) in [6.45, 7) is 4.11. The number of benzene rings is 1. The molecule has 110 valence electrons. The molecule has 0 aliphatic carbocycles. The molecule has 0 bridgehead atoms. The molecule has 2 rings (SSSR count). The van der Waals surface area contributed by atoms with Gasteiger partial charge in [0.15, 0.2) is 0 Å². The third-order valence-corrected chi connectivity index (χ3v) is 3.03. The second-order valence-corrected chi connectivity index (χ2v) is 4.85. The summed E-state index contributed by atoms with van der Waals surface area (Å²) in [7, 11) is 0. The predicted octanol–water partition coefficient (Wildman–Crippen LogP) is 0.563. The number of aromatic nitrogens is 3. The quantitative estimate of drug-likeness (QED) is 0.777. The highest BCUT2D eigenvalue weighted by molar-refractivity contribution is 5.78. The monoisotopic (exact) mass is 286 g/mol. The fourth-order valence-corrected chi connectivity index (χ4v) is 1.88. The van der Waals surface area contributed by atoms with Gasteiger partial charge in [0.2, 0.25) is 11.9 Å². The van der Waals surface area contributed by atoms with Gasteiger partial charge in [-0.2, -0.15) is 5.10 Å². The molecular weight excluding hydrogens is 268 g/mol. The van der Waals surface area contributed by atoms with E-state index in [2.05, 4.69) is 15.2 Å². The summed E-state index contributed by atoms with van der Waals surface area (Å²) in [4.78, 5) is 17.3. The Morgan fingerprint density at radius 1 is 1.24 bits per heavy atom. The molecular formula is C14H18N6O. The number of nitrogens with zero attached hydrogens (tertiary/aromatic N) is 4. The van der Waals surface area contributed by atoms with Crippen molar-refractivity contribution in [3.8, 4) is 0 Å². The molecule has 21 heavy (non-hydrogen) atoms. The summed E-state index contributed by atoms with van der Waals surface area (Å²) in [5.74, 6) is -0.0833. The van der Waals surface area contributed by atoms with E-state index in [1.807, 2.05) is 32.0 Å². The third-order valence-electron chi connectivity index (χ3n) is 3.03. The zero-order chi connectivity index (χ0) is 15.4. The standard InChI is InChI=1S/C14H18N6O/c1-9-10(2)18-19-14(17-9)20(8-13(16)21)7-11-4-3-5-12(15)6-11/h3-6H,7-8,15H2,1-2H3,(H2,16,21). The fraction of sp³-hybridized carbons (Fsp3) is 0.286. The Morgan fingerprint density at radius 2 is 2.00 bits per heavy atom. The first kappa shape index (κ1) is 14.7. The molecule has 0 saturated carbocycles. The van der Waals surface area contributed by atoms with E-state index in [0.29, 0.717) is 18.2 Å². The smallest absolute Gasteiger partial charge is 0.246 e. The number of anilines is 2. The second kappa shape index (κ2) is 6.17. The van der Waals surface area contributed by atoms with Crippen molar-refractivity contribution in [2.75, 3.05) is 17.2 Å². The average molecular weight is 286 g/mol. The molecule has 0 aliphatic heterocycles. The molecule has 4 N–H and O–H groups in total. The number of nitrogens with two attached hydrogens (primary N) is 2. The van der Waals surface area contributed by atoms with E-state index in [1.54, 1.807) is 11.0 Å². The molecule has 0 spiro atoms. The third kappa shape index (κ3) is 3.88. The maximum absolute atomic E-state index is 11.3. The molecule has 0 aliphatic rings. The highest BCUT2D eigenvalue weighted by Crippen LogP contribution is 2.14. The summed E-state index contributed by atoms with van der Waals surface area (Å²) >= 11 is 0. The number of hydrogen-bond donors (Lipinski definition) is 2. The van der Waals surface area contributed by atoms with Gasteiger partial charge in [0.05, 0.1) is 17.9 Å². The van der Waals surface area contributed by atoms with Crippen LogP contribution in [-0.4, -0.2) is 27.6 Å². The first-order chi connectivity index (χ1) is 9.95. The van der Waals surface area contributed by atoms with Crippen molar-refractivity contribution >= 4 is 17.5 Å². The number of nitrogen functional groups attached to an aromatic ring is 1. The molecule has 0 fully saturated rings. The zero-order valence-corrected chi connectivity index (χ0v) is 12.1.